The summed E-state index contributed by atoms with van der Waals surface area (Å²) in [6.45, 7) is 14.7. The Hall–Kier alpha value is -1.58. The summed E-state index contributed by atoms with van der Waals surface area (Å²) in [6.07, 6.45) is -4.79. The number of benzene rings is 1. The van der Waals surface area contributed by atoms with Crippen LogP contribution in [0, 0.1) is 5.92 Å². The maximum absolute atomic E-state index is 14.0. The summed E-state index contributed by atoms with van der Waals surface area (Å²) < 4.78 is 59.0. The highest BCUT2D eigenvalue weighted by Crippen LogP contribution is 2.37. The van der Waals surface area contributed by atoms with Gasteiger partial charge >= 0.3 is 19.3 Å². The van der Waals surface area contributed by atoms with E-state index in [0.717, 1.165) is 0 Å². The van der Waals surface area contributed by atoms with E-state index in [0.29, 0.717) is 5.46 Å². The van der Waals surface area contributed by atoms with E-state index in [1.165, 1.54) is 12.1 Å². The molecule has 1 aliphatic rings. The van der Waals surface area contributed by atoms with Gasteiger partial charge in [-0.1, -0.05) is 38.1 Å². The zero-order valence-electron chi connectivity index (χ0n) is 20.2. The van der Waals surface area contributed by atoms with Crippen LogP contribution in [-0.4, -0.2) is 42.6 Å². The third-order valence-corrected chi connectivity index (χ3v) is 5.83. The number of halogens is 3. The first-order chi connectivity index (χ1) is 14.5. The molecule has 1 aromatic carbocycles. The number of rotatable bonds is 8. The van der Waals surface area contributed by atoms with Crippen LogP contribution in [0.1, 0.15) is 73.4 Å². The lowest BCUT2D eigenvalue weighted by atomic mass is 9.78. The van der Waals surface area contributed by atoms with Crippen LogP contribution in [0.15, 0.2) is 24.3 Å². The van der Waals surface area contributed by atoms with Gasteiger partial charge in [-0.2, -0.15) is 13.2 Å². The predicted molar refractivity (Wildman–Crippen MR) is 119 cm³/mol. The van der Waals surface area contributed by atoms with Crippen LogP contribution in [0.2, 0.25) is 0 Å². The molecule has 0 aromatic heterocycles. The lowest BCUT2D eigenvalue weighted by molar-refractivity contribution is -0.166. The van der Waals surface area contributed by atoms with Gasteiger partial charge in [0.25, 0.3) is 0 Å². The van der Waals surface area contributed by atoms with E-state index in [2.05, 4.69) is 5.32 Å². The lowest BCUT2D eigenvalue weighted by Gasteiger charge is -2.32. The molecule has 0 saturated carbocycles. The van der Waals surface area contributed by atoms with Crippen molar-refractivity contribution in [2.45, 2.75) is 97.4 Å². The smallest absolute Gasteiger partial charge is 0.462 e. The third kappa shape index (κ3) is 6.48. The molecule has 9 heteroatoms. The van der Waals surface area contributed by atoms with E-state index in [4.69, 9.17) is 14.0 Å². The van der Waals surface area contributed by atoms with E-state index < -0.39 is 48.7 Å². The van der Waals surface area contributed by atoms with Crippen molar-refractivity contribution in [3.8, 4) is 0 Å². The van der Waals surface area contributed by atoms with Crippen molar-refractivity contribution in [1.29, 1.82) is 0 Å². The van der Waals surface area contributed by atoms with Crippen LogP contribution in [0.5, 0.6) is 0 Å². The molecule has 1 aliphatic heterocycles. The zero-order valence-corrected chi connectivity index (χ0v) is 20.2. The summed E-state index contributed by atoms with van der Waals surface area (Å²) >= 11 is 0. The van der Waals surface area contributed by atoms with Crippen LogP contribution in [0.25, 0.3) is 0 Å². The largest absolute Gasteiger partial charge is 0.494 e. The number of hydrogen-bond donors (Lipinski definition) is 1. The van der Waals surface area contributed by atoms with Crippen molar-refractivity contribution in [2.75, 3.05) is 0 Å². The first kappa shape index (κ1) is 26.7. The summed E-state index contributed by atoms with van der Waals surface area (Å²) in [6, 6.07) is 2.84. The fraction of sp³-hybridized carbons (Fsp3) is 0.696. The minimum absolute atomic E-state index is 0.00358. The normalized spacial score (nSPS) is 20.0. The minimum atomic E-state index is -4.60. The van der Waals surface area contributed by atoms with Gasteiger partial charge in [-0.05, 0) is 64.9 Å². The van der Waals surface area contributed by atoms with Crippen molar-refractivity contribution in [3.63, 3.8) is 0 Å². The highest BCUT2D eigenvalue weighted by molar-refractivity contribution is 6.62. The number of ether oxygens (including phenoxy) is 1. The second-order valence-corrected chi connectivity index (χ2v) is 10.1. The Morgan fingerprint density at radius 1 is 1.03 bits per heavy atom. The molecule has 0 aliphatic carbocycles. The summed E-state index contributed by atoms with van der Waals surface area (Å²) in [4.78, 5) is 12.4. The number of esters is 1. The third-order valence-electron chi connectivity index (χ3n) is 5.83. The second-order valence-electron chi connectivity index (χ2n) is 10.1. The molecule has 1 fully saturated rings. The molecule has 1 aromatic rings. The molecule has 1 N–H and O–H groups in total. The number of hydrogen-bond acceptors (Lipinski definition) is 5. The van der Waals surface area contributed by atoms with E-state index in [1.807, 2.05) is 41.5 Å². The number of carbonyl (C=O) groups is 1. The molecular weight excluding hydrogens is 422 g/mol. The molecule has 5 nitrogen and oxygen atoms in total. The molecule has 1 unspecified atom stereocenters. The summed E-state index contributed by atoms with van der Waals surface area (Å²) in [5.41, 5.74) is -0.462. The van der Waals surface area contributed by atoms with Gasteiger partial charge in [0.2, 0.25) is 0 Å². The first-order valence-corrected chi connectivity index (χ1v) is 11.0. The van der Waals surface area contributed by atoms with Gasteiger partial charge in [0, 0.05) is 0 Å². The van der Waals surface area contributed by atoms with Crippen molar-refractivity contribution < 1.29 is 32.0 Å². The lowest BCUT2D eigenvalue weighted by Crippen LogP contribution is -2.46. The highest BCUT2D eigenvalue weighted by Gasteiger charge is 2.52. The molecule has 0 bridgehead atoms. The Bertz CT molecular complexity index is 762. The fourth-order valence-electron chi connectivity index (χ4n) is 3.42. The van der Waals surface area contributed by atoms with Crippen LogP contribution in [0.3, 0.4) is 0 Å². The first-order valence-electron chi connectivity index (χ1n) is 11.0. The van der Waals surface area contributed by atoms with Crippen LogP contribution < -0.4 is 10.8 Å². The van der Waals surface area contributed by atoms with Crippen molar-refractivity contribution >= 4 is 18.6 Å². The van der Waals surface area contributed by atoms with Gasteiger partial charge < -0.3 is 14.0 Å². The zero-order chi connectivity index (χ0) is 24.5. The van der Waals surface area contributed by atoms with Gasteiger partial charge in [-0.25, -0.2) is 0 Å². The van der Waals surface area contributed by atoms with Crippen molar-refractivity contribution in [2.24, 2.45) is 5.92 Å². The van der Waals surface area contributed by atoms with Gasteiger partial charge in [-0.15, -0.1) is 0 Å². The van der Waals surface area contributed by atoms with Gasteiger partial charge in [0.05, 0.1) is 17.3 Å². The molecule has 32 heavy (non-hydrogen) atoms. The van der Waals surface area contributed by atoms with Gasteiger partial charge in [0.15, 0.2) is 0 Å². The molecule has 0 spiro atoms. The van der Waals surface area contributed by atoms with E-state index in [1.54, 1.807) is 26.0 Å². The Labute approximate surface area is 189 Å². The molecule has 1 heterocycles. The average molecular weight is 457 g/mol. The molecule has 0 amide bonds. The molecular formula is C23H35BF3NO4. The van der Waals surface area contributed by atoms with Crippen LogP contribution in [0.4, 0.5) is 13.2 Å². The maximum Gasteiger partial charge on any atom is 0.494 e. The summed E-state index contributed by atoms with van der Waals surface area (Å²) in [5.74, 6) is -0.677. The molecule has 180 valence electrons. The molecule has 1 saturated heterocycles. The van der Waals surface area contributed by atoms with Gasteiger partial charge in [0.1, 0.15) is 12.1 Å². The topological polar surface area (TPSA) is 56.8 Å². The summed E-state index contributed by atoms with van der Waals surface area (Å²) in [5, 5.41) is 2.50. The maximum atomic E-state index is 14.0. The minimum Gasteiger partial charge on any atom is -0.462 e. The fourth-order valence-corrected chi connectivity index (χ4v) is 3.42. The Morgan fingerprint density at radius 2 is 1.53 bits per heavy atom. The second kappa shape index (κ2) is 9.73. The quantitative estimate of drug-likeness (QED) is 0.459. The van der Waals surface area contributed by atoms with Gasteiger partial charge in [-0.3, -0.25) is 10.1 Å². The van der Waals surface area contributed by atoms with E-state index >= 15 is 0 Å². The number of nitrogens with one attached hydrogen (secondary N) is 1. The Balaban J connectivity index is 2.26. The van der Waals surface area contributed by atoms with E-state index in [9.17, 15) is 18.0 Å². The Kier molecular flexibility index (Phi) is 8.11. The molecule has 0 radical (unpaired) electrons. The van der Waals surface area contributed by atoms with Crippen molar-refractivity contribution in [3.05, 3.63) is 29.8 Å². The SMILES string of the molecule is CC(C)CC(N[C@@H](c1ccc(B2OC(C)(C)C(C)(C)O2)cc1)C(F)(F)F)C(=O)OC(C)C. The average Bonchev–Trinajstić information content (AvgIpc) is 2.84. The standard InChI is InChI=1S/C23H35BF3NO4/c1-14(2)13-18(20(29)30-15(3)4)28-19(23(25,26)27)16-9-11-17(12-10-16)24-31-21(5,6)22(7,8)32-24/h9-12,14-15,18-19,28H,13H2,1-8H3/t18?,19-/m0/s1. The monoisotopic (exact) mass is 457 g/mol. The van der Waals surface area contributed by atoms with Crippen molar-refractivity contribution in [1.82, 2.24) is 5.32 Å². The molecule has 2 atom stereocenters. The number of alkyl halides is 3. The molecule has 2 rings (SSSR count). The predicted octanol–water partition coefficient (Wildman–Crippen LogP) is 4.55. The van der Waals surface area contributed by atoms with Crippen LogP contribution in [-0.2, 0) is 18.8 Å². The summed E-state index contributed by atoms with van der Waals surface area (Å²) in [7, 11) is -0.666. The Morgan fingerprint density at radius 3 is 1.94 bits per heavy atom. The number of carbonyl (C=O) groups excluding carboxylic acids is 1. The van der Waals surface area contributed by atoms with Crippen LogP contribution >= 0.6 is 0 Å². The van der Waals surface area contributed by atoms with E-state index in [-0.39, 0.29) is 17.9 Å². The highest BCUT2D eigenvalue weighted by atomic mass is 19.4.